The van der Waals surface area contributed by atoms with Crippen LogP contribution in [0.1, 0.15) is 18.9 Å². The van der Waals surface area contributed by atoms with Crippen LogP contribution in [0.15, 0.2) is 22.7 Å². The molecule has 0 aliphatic heterocycles. The lowest BCUT2D eigenvalue weighted by molar-refractivity contribution is -0.141. The molecule has 0 radical (unpaired) electrons. The molecular formula is C11H12BrClO2. The molecule has 4 heteroatoms. The van der Waals surface area contributed by atoms with E-state index in [-0.39, 0.29) is 5.92 Å². The Hall–Kier alpha value is -0.540. The number of rotatable bonds is 4. The number of carbonyl (C=O) groups is 1. The Morgan fingerprint density at radius 2 is 2.27 bits per heavy atom. The van der Waals surface area contributed by atoms with Gasteiger partial charge in [-0.3, -0.25) is 4.79 Å². The zero-order chi connectivity index (χ0) is 11.4. The zero-order valence-electron chi connectivity index (χ0n) is 8.34. The number of carboxylic acid groups (broad SMARTS) is 1. The van der Waals surface area contributed by atoms with Crippen LogP contribution in [0.3, 0.4) is 0 Å². The average Bonchev–Trinajstić information content (AvgIpc) is 2.18. The molecule has 0 aliphatic carbocycles. The monoisotopic (exact) mass is 290 g/mol. The van der Waals surface area contributed by atoms with Crippen molar-refractivity contribution in [2.24, 2.45) is 5.92 Å². The first-order valence-electron chi connectivity index (χ1n) is 4.71. The molecule has 1 atom stereocenters. The predicted octanol–water partition coefficient (Wildman–Crippen LogP) is 3.76. The van der Waals surface area contributed by atoms with Crippen LogP contribution in [0.5, 0.6) is 0 Å². The van der Waals surface area contributed by atoms with Crippen molar-refractivity contribution >= 4 is 33.5 Å². The molecule has 1 aromatic carbocycles. The molecule has 0 heterocycles. The number of halogens is 2. The van der Waals surface area contributed by atoms with Crippen molar-refractivity contribution in [3.8, 4) is 0 Å². The maximum Gasteiger partial charge on any atom is 0.306 e. The fraction of sp³-hybridized carbons (Fsp3) is 0.364. The molecule has 0 aliphatic rings. The minimum absolute atomic E-state index is 0.347. The van der Waals surface area contributed by atoms with Gasteiger partial charge in [0.15, 0.2) is 0 Å². The van der Waals surface area contributed by atoms with E-state index in [2.05, 4.69) is 15.9 Å². The topological polar surface area (TPSA) is 37.3 Å². The fourth-order valence-corrected chi connectivity index (χ4v) is 1.97. The molecule has 0 amide bonds. The number of aliphatic carboxylic acids is 1. The molecule has 1 N–H and O–H groups in total. The first-order chi connectivity index (χ1) is 7.04. The largest absolute Gasteiger partial charge is 0.481 e. The highest BCUT2D eigenvalue weighted by molar-refractivity contribution is 9.10. The van der Waals surface area contributed by atoms with Gasteiger partial charge in [0.2, 0.25) is 0 Å². The summed E-state index contributed by atoms with van der Waals surface area (Å²) >= 11 is 9.24. The number of hydrogen-bond acceptors (Lipinski definition) is 1. The molecule has 0 spiro atoms. The maximum atomic E-state index is 10.9. The van der Waals surface area contributed by atoms with Gasteiger partial charge in [-0.1, -0.05) is 34.5 Å². The Morgan fingerprint density at radius 3 is 2.80 bits per heavy atom. The minimum Gasteiger partial charge on any atom is -0.481 e. The second kappa shape index (κ2) is 5.52. The molecule has 15 heavy (non-hydrogen) atoms. The lowest BCUT2D eigenvalue weighted by atomic mass is 9.97. The molecule has 1 unspecified atom stereocenters. The molecule has 0 bridgehead atoms. The van der Waals surface area contributed by atoms with E-state index < -0.39 is 5.97 Å². The van der Waals surface area contributed by atoms with Crippen LogP contribution in [0.4, 0.5) is 0 Å². The third kappa shape index (κ3) is 3.50. The summed E-state index contributed by atoms with van der Waals surface area (Å²) in [6, 6.07) is 5.42. The van der Waals surface area contributed by atoms with Gasteiger partial charge in [-0.2, -0.15) is 0 Å². The van der Waals surface area contributed by atoms with Gasteiger partial charge in [0, 0.05) is 9.50 Å². The third-order valence-corrected chi connectivity index (χ3v) is 3.32. The normalized spacial score (nSPS) is 12.5. The Bertz CT molecular complexity index is 366. The molecule has 1 rings (SSSR count). The first-order valence-corrected chi connectivity index (χ1v) is 5.88. The summed E-state index contributed by atoms with van der Waals surface area (Å²) in [6.07, 6.45) is 1.13. The van der Waals surface area contributed by atoms with Crippen LogP contribution in [0.2, 0.25) is 5.02 Å². The molecule has 0 saturated carbocycles. The lowest BCUT2D eigenvalue weighted by Crippen LogP contribution is -2.15. The van der Waals surface area contributed by atoms with Crippen LogP contribution < -0.4 is 0 Å². The third-order valence-electron chi connectivity index (χ3n) is 2.32. The van der Waals surface area contributed by atoms with Crippen molar-refractivity contribution in [3.05, 3.63) is 33.3 Å². The van der Waals surface area contributed by atoms with Gasteiger partial charge in [0.25, 0.3) is 0 Å². The quantitative estimate of drug-likeness (QED) is 0.917. The van der Waals surface area contributed by atoms with Gasteiger partial charge in [-0.05, 0) is 36.6 Å². The van der Waals surface area contributed by atoms with Crippen LogP contribution in [0.25, 0.3) is 0 Å². The summed E-state index contributed by atoms with van der Waals surface area (Å²) in [5.41, 5.74) is 0.941. The SMILES string of the molecule is CCC(Cc1cc(Cl)ccc1Br)C(=O)O. The smallest absolute Gasteiger partial charge is 0.306 e. The van der Waals surface area contributed by atoms with E-state index in [1.165, 1.54) is 0 Å². The second-order valence-electron chi connectivity index (χ2n) is 3.38. The van der Waals surface area contributed by atoms with E-state index in [0.717, 1.165) is 10.0 Å². The van der Waals surface area contributed by atoms with Gasteiger partial charge in [0.1, 0.15) is 0 Å². The molecule has 82 valence electrons. The Kier molecular flexibility index (Phi) is 4.61. The van der Waals surface area contributed by atoms with Crippen LogP contribution in [0, 0.1) is 5.92 Å². The van der Waals surface area contributed by atoms with Crippen LogP contribution in [-0.4, -0.2) is 11.1 Å². The highest BCUT2D eigenvalue weighted by Gasteiger charge is 2.16. The standard InChI is InChI=1S/C11H12BrClO2/c1-2-7(11(14)15)5-8-6-9(13)3-4-10(8)12/h3-4,6-7H,2,5H2,1H3,(H,14,15). The minimum atomic E-state index is -0.760. The fourth-order valence-electron chi connectivity index (χ4n) is 1.37. The van der Waals surface area contributed by atoms with Gasteiger partial charge < -0.3 is 5.11 Å². The van der Waals surface area contributed by atoms with Crippen LogP contribution in [-0.2, 0) is 11.2 Å². The lowest BCUT2D eigenvalue weighted by Gasteiger charge is -2.11. The van der Waals surface area contributed by atoms with E-state index in [9.17, 15) is 4.79 Å². The molecule has 0 fully saturated rings. The number of hydrogen-bond donors (Lipinski definition) is 1. The molecule has 0 aromatic heterocycles. The van der Waals surface area contributed by atoms with E-state index in [1.807, 2.05) is 13.0 Å². The number of benzene rings is 1. The van der Waals surface area contributed by atoms with Crippen molar-refractivity contribution in [1.29, 1.82) is 0 Å². The van der Waals surface area contributed by atoms with Gasteiger partial charge in [0.05, 0.1) is 5.92 Å². The Balaban J connectivity index is 2.87. The molecule has 1 aromatic rings. The summed E-state index contributed by atoms with van der Waals surface area (Å²) < 4.78 is 0.909. The highest BCUT2D eigenvalue weighted by Crippen LogP contribution is 2.24. The Morgan fingerprint density at radius 1 is 1.60 bits per heavy atom. The molecule has 0 saturated heterocycles. The van der Waals surface area contributed by atoms with Crippen molar-refractivity contribution in [1.82, 2.24) is 0 Å². The predicted molar refractivity (Wildman–Crippen MR) is 64.3 cm³/mol. The van der Waals surface area contributed by atoms with E-state index >= 15 is 0 Å². The van der Waals surface area contributed by atoms with Gasteiger partial charge in [-0.25, -0.2) is 0 Å². The van der Waals surface area contributed by atoms with Gasteiger partial charge >= 0.3 is 5.97 Å². The Labute approximate surface area is 102 Å². The van der Waals surface area contributed by atoms with Gasteiger partial charge in [-0.15, -0.1) is 0 Å². The first kappa shape index (κ1) is 12.5. The van der Waals surface area contributed by atoms with Crippen LogP contribution >= 0.6 is 27.5 Å². The van der Waals surface area contributed by atoms with E-state index in [0.29, 0.717) is 17.9 Å². The highest BCUT2D eigenvalue weighted by atomic mass is 79.9. The summed E-state index contributed by atoms with van der Waals surface area (Å²) in [7, 11) is 0. The molecule has 2 nitrogen and oxygen atoms in total. The summed E-state index contributed by atoms with van der Waals surface area (Å²) in [5, 5.41) is 9.58. The van der Waals surface area contributed by atoms with Crippen molar-refractivity contribution in [2.45, 2.75) is 19.8 Å². The summed E-state index contributed by atoms with van der Waals surface area (Å²) in [5.74, 6) is -1.11. The zero-order valence-corrected chi connectivity index (χ0v) is 10.7. The second-order valence-corrected chi connectivity index (χ2v) is 4.67. The van der Waals surface area contributed by atoms with E-state index in [1.54, 1.807) is 12.1 Å². The summed E-state index contributed by atoms with van der Waals surface area (Å²) in [4.78, 5) is 10.9. The van der Waals surface area contributed by atoms with Crippen molar-refractivity contribution < 1.29 is 9.90 Å². The van der Waals surface area contributed by atoms with E-state index in [4.69, 9.17) is 16.7 Å². The molecular weight excluding hydrogens is 279 g/mol. The van der Waals surface area contributed by atoms with Crippen molar-refractivity contribution in [3.63, 3.8) is 0 Å². The average molecular weight is 292 g/mol. The maximum absolute atomic E-state index is 10.9. The number of carboxylic acids is 1. The summed E-state index contributed by atoms with van der Waals surface area (Å²) in [6.45, 7) is 1.87. The van der Waals surface area contributed by atoms with Crippen molar-refractivity contribution in [2.75, 3.05) is 0 Å².